The average Bonchev–Trinajstić information content (AvgIpc) is 3.20. The lowest BCUT2D eigenvalue weighted by atomic mass is 9.84. The third-order valence-corrected chi connectivity index (χ3v) is 5.72. The molecule has 2 bridgehead atoms. The molecule has 1 amide bonds. The molecular weight excluding hydrogens is 274 g/mol. The fourth-order valence-corrected chi connectivity index (χ4v) is 4.44. The lowest BCUT2D eigenvalue weighted by Crippen LogP contribution is -2.40. The Morgan fingerprint density at radius 2 is 2.14 bits per heavy atom. The minimum Gasteiger partial charge on any atom is -0.348 e. The van der Waals surface area contributed by atoms with Crippen molar-refractivity contribution >= 4 is 5.91 Å². The Morgan fingerprint density at radius 3 is 2.68 bits per heavy atom. The number of aryl methyl sites for hydroxylation is 1. The standard InChI is InChI=1S/C18H29N3O/c1-5-21-17(10-16(20-21)11(2)3)18(22)19-12(4)15-9-13-6-7-14(15)8-13/h10-15H,5-9H2,1-4H3,(H,19,22)/t12-,13+,14+,15+/m1/s1. The van der Waals surface area contributed by atoms with Gasteiger partial charge in [-0.05, 0) is 62.8 Å². The minimum absolute atomic E-state index is 0.0384. The van der Waals surface area contributed by atoms with Gasteiger partial charge < -0.3 is 5.32 Å². The van der Waals surface area contributed by atoms with Gasteiger partial charge in [-0.1, -0.05) is 20.3 Å². The van der Waals surface area contributed by atoms with Crippen molar-refractivity contribution < 1.29 is 4.79 Å². The highest BCUT2D eigenvalue weighted by Gasteiger charge is 2.42. The first-order chi connectivity index (χ1) is 10.5. The van der Waals surface area contributed by atoms with E-state index in [0.29, 0.717) is 17.5 Å². The molecule has 0 saturated heterocycles. The van der Waals surface area contributed by atoms with Crippen molar-refractivity contribution in [1.82, 2.24) is 15.1 Å². The molecule has 0 unspecified atom stereocenters. The molecule has 22 heavy (non-hydrogen) atoms. The summed E-state index contributed by atoms with van der Waals surface area (Å²) in [6.45, 7) is 9.17. The van der Waals surface area contributed by atoms with E-state index in [2.05, 4.69) is 31.2 Å². The van der Waals surface area contributed by atoms with Gasteiger partial charge in [0.2, 0.25) is 0 Å². The number of amides is 1. The molecule has 1 N–H and O–H groups in total. The molecule has 3 rings (SSSR count). The fourth-order valence-electron chi connectivity index (χ4n) is 4.44. The summed E-state index contributed by atoms with van der Waals surface area (Å²) in [5.41, 5.74) is 1.71. The molecular formula is C18H29N3O. The molecule has 4 nitrogen and oxygen atoms in total. The number of hydrogen-bond acceptors (Lipinski definition) is 2. The third kappa shape index (κ3) is 2.80. The Morgan fingerprint density at radius 1 is 1.36 bits per heavy atom. The Hall–Kier alpha value is -1.32. The largest absolute Gasteiger partial charge is 0.348 e. The van der Waals surface area contributed by atoms with Gasteiger partial charge in [-0.2, -0.15) is 5.10 Å². The summed E-state index contributed by atoms with van der Waals surface area (Å²) < 4.78 is 1.83. The summed E-state index contributed by atoms with van der Waals surface area (Å²) in [5.74, 6) is 2.81. The van der Waals surface area contributed by atoms with Crippen molar-refractivity contribution in [2.24, 2.45) is 17.8 Å². The van der Waals surface area contributed by atoms with Gasteiger partial charge >= 0.3 is 0 Å². The second-order valence-electron chi connectivity index (χ2n) is 7.53. The second kappa shape index (κ2) is 6.05. The summed E-state index contributed by atoms with van der Waals surface area (Å²) in [6.07, 6.45) is 5.45. The number of fused-ring (bicyclic) bond motifs is 2. The Labute approximate surface area is 133 Å². The van der Waals surface area contributed by atoms with Crippen molar-refractivity contribution in [3.8, 4) is 0 Å². The van der Waals surface area contributed by atoms with Gasteiger partial charge in [0.05, 0.1) is 5.69 Å². The van der Waals surface area contributed by atoms with Crippen LogP contribution in [0.2, 0.25) is 0 Å². The molecule has 2 fully saturated rings. The number of carbonyl (C=O) groups is 1. The summed E-state index contributed by atoms with van der Waals surface area (Å²) in [6, 6.07) is 2.22. The molecule has 2 saturated carbocycles. The Kier molecular flexibility index (Phi) is 4.28. The summed E-state index contributed by atoms with van der Waals surface area (Å²) >= 11 is 0. The molecule has 0 aliphatic heterocycles. The normalized spacial score (nSPS) is 28.3. The number of hydrogen-bond donors (Lipinski definition) is 1. The average molecular weight is 303 g/mol. The van der Waals surface area contributed by atoms with Crippen molar-refractivity contribution in [2.45, 2.75) is 71.9 Å². The zero-order chi connectivity index (χ0) is 15.9. The van der Waals surface area contributed by atoms with Crippen LogP contribution < -0.4 is 5.32 Å². The van der Waals surface area contributed by atoms with Gasteiger partial charge in [0.1, 0.15) is 5.69 Å². The summed E-state index contributed by atoms with van der Waals surface area (Å²) in [7, 11) is 0. The SMILES string of the molecule is CCn1nc(C(C)C)cc1C(=O)N[C@H](C)[C@@H]1C[C@H]2CC[C@H]1C2. The lowest BCUT2D eigenvalue weighted by Gasteiger charge is -2.28. The topological polar surface area (TPSA) is 46.9 Å². The zero-order valence-corrected chi connectivity index (χ0v) is 14.3. The van der Waals surface area contributed by atoms with Gasteiger partial charge in [-0.3, -0.25) is 9.48 Å². The van der Waals surface area contributed by atoms with Crippen LogP contribution in [0.4, 0.5) is 0 Å². The van der Waals surface area contributed by atoms with Crippen LogP contribution in [0.3, 0.4) is 0 Å². The molecule has 4 heteroatoms. The number of carbonyl (C=O) groups excluding carboxylic acids is 1. The highest BCUT2D eigenvalue weighted by molar-refractivity contribution is 5.92. The van der Waals surface area contributed by atoms with Crippen LogP contribution in [0.15, 0.2) is 6.07 Å². The van der Waals surface area contributed by atoms with Crippen molar-refractivity contribution in [1.29, 1.82) is 0 Å². The Balaban J connectivity index is 1.69. The molecule has 1 heterocycles. The van der Waals surface area contributed by atoms with E-state index in [1.165, 1.54) is 25.7 Å². The second-order valence-corrected chi connectivity index (χ2v) is 7.53. The van der Waals surface area contributed by atoms with Crippen LogP contribution in [0.1, 0.15) is 75.5 Å². The molecule has 1 aromatic heterocycles. The first-order valence-corrected chi connectivity index (χ1v) is 8.88. The van der Waals surface area contributed by atoms with E-state index in [-0.39, 0.29) is 11.9 Å². The number of nitrogens with one attached hydrogen (secondary N) is 1. The molecule has 0 aromatic carbocycles. The van der Waals surface area contributed by atoms with E-state index in [1.54, 1.807) is 0 Å². The molecule has 1 aromatic rings. The van der Waals surface area contributed by atoms with Crippen LogP contribution in [-0.4, -0.2) is 21.7 Å². The van der Waals surface area contributed by atoms with Crippen molar-refractivity contribution in [2.75, 3.05) is 0 Å². The predicted molar refractivity (Wildman–Crippen MR) is 87.9 cm³/mol. The quantitative estimate of drug-likeness (QED) is 0.903. The lowest BCUT2D eigenvalue weighted by molar-refractivity contribution is 0.0904. The van der Waals surface area contributed by atoms with Crippen LogP contribution in [-0.2, 0) is 6.54 Å². The Bertz CT molecular complexity index is 549. The van der Waals surface area contributed by atoms with E-state index in [0.717, 1.165) is 24.1 Å². The van der Waals surface area contributed by atoms with E-state index in [9.17, 15) is 4.79 Å². The highest BCUT2D eigenvalue weighted by atomic mass is 16.2. The molecule has 4 atom stereocenters. The van der Waals surface area contributed by atoms with Gasteiger partial charge in [-0.15, -0.1) is 0 Å². The maximum atomic E-state index is 12.7. The van der Waals surface area contributed by atoms with Crippen molar-refractivity contribution in [3.05, 3.63) is 17.5 Å². The van der Waals surface area contributed by atoms with Gasteiger partial charge in [0.25, 0.3) is 5.91 Å². The zero-order valence-electron chi connectivity index (χ0n) is 14.3. The predicted octanol–water partition coefficient (Wildman–Crippen LogP) is 3.58. The fraction of sp³-hybridized carbons (Fsp3) is 0.778. The van der Waals surface area contributed by atoms with Crippen LogP contribution in [0.5, 0.6) is 0 Å². The van der Waals surface area contributed by atoms with E-state index in [4.69, 9.17) is 0 Å². The smallest absolute Gasteiger partial charge is 0.269 e. The molecule has 0 radical (unpaired) electrons. The first kappa shape index (κ1) is 15.6. The molecule has 2 aliphatic carbocycles. The monoisotopic (exact) mass is 303 g/mol. The minimum atomic E-state index is 0.0384. The number of aromatic nitrogens is 2. The highest BCUT2D eigenvalue weighted by Crippen LogP contribution is 2.49. The summed E-state index contributed by atoms with van der Waals surface area (Å²) in [5, 5.41) is 7.80. The van der Waals surface area contributed by atoms with E-state index >= 15 is 0 Å². The number of rotatable bonds is 5. The summed E-state index contributed by atoms with van der Waals surface area (Å²) in [4.78, 5) is 12.7. The maximum Gasteiger partial charge on any atom is 0.269 e. The molecule has 0 spiro atoms. The molecule has 2 aliphatic rings. The van der Waals surface area contributed by atoms with Crippen LogP contribution in [0.25, 0.3) is 0 Å². The van der Waals surface area contributed by atoms with E-state index in [1.807, 2.05) is 17.7 Å². The molecule has 122 valence electrons. The van der Waals surface area contributed by atoms with Crippen LogP contribution >= 0.6 is 0 Å². The first-order valence-electron chi connectivity index (χ1n) is 8.88. The van der Waals surface area contributed by atoms with E-state index < -0.39 is 0 Å². The third-order valence-electron chi connectivity index (χ3n) is 5.72. The van der Waals surface area contributed by atoms with Gasteiger partial charge in [0, 0.05) is 12.6 Å². The van der Waals surface area contributed by atoms with Gasteiger partial charge in [-0.25, -0.2) is 0 Å². The van der Waals surface area contributed by atoms with Crippen LogP contribution in [0, 0.1) is 17.8 Å². The van der Waals surface area contributed by atoms with Crippen molar-refractivity contribution in [3.63, 3.8) is 0 Å². The number of nitrogens with zero attached hydrogens (tertiary/aromatic N) is 2. The maximum absolute atomic E-state index is 12.7. The van der Waals surface area contributed by atoms with Gasteiger partial charge in [0.15, 0.2) is 0 Å².